The third-order valence-corrected chi connectivity index (χ3v) is 4.22. The Kier molecular flexibility index (Phi) is 4.74. The predicted molar refractivity (Wildman–Crippen MR) is 104 cm³/mol. The molecule has 4 nitrogen and oxygen atoms in total. The summed E-state index contributed by atoms with van der Waals surface area (Å²) in [4.78, 5) is 9.77. The second kappa shape index (κ2) is 7.66. The van der Waals surface area contributed by atoms with Crippen LogP contribution < -0.4 is 0 Å². The van der Waals surface area contributed by atoms with Gasteiger partial charge in [0.15, 0.2) is 0 Å². The van der Waals surface area contributed by atoms with Crippen molar-refractivity contribution in [2.75, 3.05) is 0 Å². The van der Waals surface area contributed by atoms with Gasteiger partial charge in [-0.3, -0.25) is 0 Å². The van der Waals surface area contributed by atoms with Gasteiger partial charge in [-0.25, -0.2) is 4.98 Å². The zero-order valence-electron chi connectivity index (χ0n) is 14.3. The van der Waals surface area contributed by atoms with E-state index in [1.165, 1.54) is 10.8 Å². The third-order valence-electron chi connectivity index (χ3n) is 4.22. The molecule has 0 saturated carbocycles. The summed E-state index contributed by atoms with van der Waals surface area (Å²) in [5.41, 5.74) is 3.01. The normalized spacial score (nSPS) is 11.6. The quantitative estimate of drug-likeness (QED) is 0.378. The summed E-state index contributed by atoms with van der Waals surface area (Å²) in [5.74, 6) is 0. The molecule has 26 heavy (non-hydrogen) atoms. The average Bonchev–Trinajstić information content (AvgIpc) is 3.21. The number of imidazole rings is 1. The molecule has 0 unspecified atom stereocenters. The summed E-state index contributed by atoms with van der Waals surface area (Å²) in [5, 5.41) is 6.84. The molecule has 0 saturated heterocycles. The van der Waals surface area contributed by atoms with Crippen LogP contribution in [0.4, 0.5) is 0 Å². The molecule has 0 fully saturated rings. The van der Waals surface area contributed by atoms with Crippen molar-refractivity contribution in [1.29, 1.82) is 0 Å². The Hall–Kier alpha value is -3.40. The molecule has 4 rings (SSSR count). The summed E-state index contributed by atoms with van der Waals surface area (Å²) in [7, 11) is 0. The number of benzene rings is 3. The van der Waals surface area contributed by atoms with Gasteiger partial charge in [-0.1, -0.05) is 71.9 Å². The number of oxime groups is 1. The maximum atomic E-state index is 5.65. The van der Waals surface area contributed by atoms with Crippen molar-refractivity contribution in [1.82, 2.24) is 9.55 Å². The van der Waals surface area contributed by atoms with E-state index in [-0.39, 0.29) is 0 Å². The summed E-state index contributed by atoms with van der Waals surface area (Å²) >= 11 is 0. The third kappa shape index (κ3) is 3.81. The lowest BCUT2D eigenvalue weighted by Gasteiger charge is -2.09. The van der Waals surface area contributed by atoms with Gasteiger partial charge in [0, 0.05) is 18.0 Å². The van der Waals surface area contributed by atoms with Crippen LogP contribution in [0.3, 0.4) is 0 Å². The summed E-state index contributed by atoms with van der Waals surface area (Å²) in [6.45, 7) is 1.05. The van der Waals surface area contributed by atoms with E-state index < -0.39 is 0 Å². The Labute approximate surface area is 152 Å². The van der Waals surface area contributed by atoms with Gasteiger partial charge in [-0.05, 0) is 22.4 Å². The predicted octanol–water partition coefficient (Wildman–Crippen LogP) is 4.66. The molecule has 0 spiro atoms. The molecule has 0 aliphatic heterocycles. The number of hydrogen-bond acceptors (Lipinski definition) is 3. The van der Waals surface area contributed by atoms with Crippen molar-refractivity contribution < 1.29 is 4.84 Å². The lowest BCUT2D eigenvalue weighted by Crippen LogP contribution is -2.11. The first-order valence-electron chi connectivity index (χ1n) is 8.56. The monoisotopic (exact) mass is 341 g/mol. The zero-order chi connectivity index (χ0) is 17.6. The lowest BCUT2D eigenvalue weighted by atomic mass is 10.0. The molecule has 128 valence electrons. The maximum absolute atomic E-state index is 5.65. The van der Waals surface area contributed by atoms with E-state index >= 15 is 0 Å². The van der Waals surface area contributed by atoms with Crippen molar-refractivity contribution >= 4 is 16.5 Å². The van der Waals surface area contributed by atoms with Gasteiger partial charge in [0.05, 0.1) is 12.9 Å². The molecule has 3 aromatic carbocycles. The van der Waals surface area contributed by atoms with Gasteiger partial charge >= 0.3 is 0 Å². The molecule has 4 aromatic rings. The number of nitrogens with zero attached hydrogens (tertiary/aromatic N) is 3. The molecule has 0 atom stereocenters. The van der Waals surface area contributed by atoms with Crippen LogP contribution in [-0.2, 0) is 18.0 Å². The minimum absolute atomic E-state index is 0.446. The van der Waals surface area contributed by atoms with Crippen LogP contribution in [0.2, 0.25) is 0 Å². The van der Waals surface area contributed by atoms with Crippen LogP contribution >= 0.6 is 0 Å². The number of fused-ring (bicyclic) bond motifs is 1. The first-order chi connectivity index (χ1) is 12.9. The Morgan fingerprint density at radius 3 is 2.54 bits per heavy atom. The Balaban J connectivity index is 1.61. The minimum Gasteiger partial charge on any atom is -0.391 e. The molecule has 4 heteroatoms. The molecule has 0 aliphatic carbocycles. The molecule has 0 radical (unpaired) electrons. The second-order valence-electron chi connectivity index (χ2n) is 6.09. The molecule has 0 N–H and O–H groups in total. The molecule has 1 heterocycles. The van der Waals surface area contributed by atoms with E-state index in [2.05, 4.69) is 40.5 Å². The van der Waals surface area contributed by atoms with Crippen LogP contribution in [0.15, 0.2) is 96.7 Å². The molecule has 0 aliphatic rings. The Morgan fingerprint density at radius 1 is 0.923 bits per heavy atom. The van der Waals surface area contributed by atoms with Crippen LogP contribution in [0.1, 0.15) is 11.1 Å². The van der Waals surface area contributed by atoms with Gasteiger partial charge in [-0.15, -0.1) is 0 Å². The van der Waals surface area contributed by atoms with Crippen molar-refractivity contribution in [3.05, 3.63) is 103 Å². The smallest absolute Gasteiger partial charge is 0.142 e. The van der Waals surface area contributed by atoms with Gasteiger partial charge < -0.3 is 9.40 Å². The summed E-state index contributed by atoms with van der Waals surface area (Å²) in [6.07, 6.45) is 5.48. The minimum atomic E-state index is 0.446. The number of aromatic nitrogens is 2. The summed E-state index contributed by atoms with van der Waals surface area (Å²) < 4.78 is 1.99. The first-order valence-corrected chi connectivity index (χ1v) is 8.56. The number of rotatable bonds is 6. The maximum Gasteiger partial charge on any atom is 0.142 e. The molecular weight excluding hydrogens is 322 g/mol. The van der Waals surface area contributed by atoms with Crippen molar-refractivity contribution in [2.45, 2.75) is 13.2 Å². The molecule has 0 amide bonds. The Bertz CT molecular complexity index is 1010. The topological polar surface area (TPSA) is 39.4 Å². The highest BCUT2D eigenvalue weighted by molar-refractivity contribution is 6.03. The molecule has 0 bridgehead atoms. The fraction of sp³-hybridized carbons (Fsp3) is 0.0909. The van der Waals surface area contributed by atoms with Crippen LogP contribution in [0.5, 0.6) is 0 Å². The van der Waals surface area contributed by atoms with E-state index in [0.717, 1.165) is 16.8 Å². The second-order valence-corrected chi connectivity index (χ2v) is 6.09. The largest absolute Gasteiger partial charge is 0.391 e. The van der Waals surface area contributed by atoms with Crippen molar-refractivity contribution in [3.63, 3.8) is 0 Å². The van der Waals surface area contributed by atoms with Crippen LogP contribution in [0, 0.1) is 0 Å². The van der Waals surface area contributed by atoms with Crippen molar-refractivity contribution in [3.8, 4) is 0 Å². The molecule has 1 aromatic heterocycles. The van der Waals surface area contributed by atoms with Crippen LogP contribution in [-0.4, -0.2) is 15.3 Å². The highest BCUT2D eigenvalue weighted by Gasteiger charge is 2.07. The van der Waals surface area contributed by atoms with Gasteiger partial charge in [0.1, 0.15) is 12.3 Å². The van der Waals surface area contributed by atoms with E-state index in [1.54, 1.807) is 12.5 Å². The average molecular weight is 341 g/mol. The summed E-state index contributed by atoms with van der Waals surface area (Å²) in [6, 6.07) is 24.7. The van der Waals surface area contributed by atoms with E-state index in [0.29, 0.717) is 13.2 Å². The van der Waals surface area contributed by atoms with Gasteiger partial charge in [-0.2, -0.15) is 0 Å². The fourth-order valence-corrected chi connectivity index (χ4v) is 2.85. The Morgan fingerprint density at radius 2 is 1.73 bits per heavy atom. The first kappa shape index (κ1) is 16.1. The molecular formula is C22H19N3O. The number of hydrogen-bond donors (Lipinski definition) is 0. The van der Waals surface area contributed by atoms with E-state index in [1.807, 2.05) is 53.2 Å². The highest BCUT2D eigenvalue weighted by atomic mass is 16.6. The lowest BCUT2D eigenvalue weighted by molar-refractivity contribution is 0.130. The van der Waals surface area contributed by atoms with E-state index in [4.69, 9.17) is 4.84 Å². The fourth-order valence-electron chi connectivity index (χ4n) is 2.85. The highest BCUT2D eigenvalue weighted by Crippen LogP contribution is 2.17. The standard InChI is InChI=1S/C22H19N3O/c1-2-6-18(7-3-1)16-26-24-22(15-25-13-12-23-17-25)21-11-10-19-8-4-5-9-20(19)14-21/h1-14,17H,15-16H2/b24-22-. The van der Waals surface area contributed by atoms with E-state index in [9.17, 15) is 0 Å². The van der Waals surface area contributed by atoms with Crippen molar-refractivity contribution in [2.24, 2.45) is 5.16 Å². The van der Waals surface area contributed by atoms with Gasteiger partial charge in [0.2, 0.25) is 0 Å². The van der Waals surface area contributed by atoms with Gasteiger partial charge in [0.25, 0.3) is 0 Å². The zero-order valence-corrected chi connectivity index (χ0v) is 14.3. The SMILES string of the molecule is c1ccc(CO/N=C(/Cn2ccnc2)c2ccc3ccccc3c2)cc1. The van der Waals surface area contributed by atoms with Crippen LogP contribution in [0.25, 0.3) is 10.8 Å².